The maximum absolute atomic E-state index is 5.67. The Balaban J connectivity index is 2.46. The molecule has 3 nitrogen and oxygen atoms in total. The molecular formula is C13H13N3. The molecule has 2 aromatic heterocycles. The van der Waals surface area contributed by atoms with Gasteiger partial charge in [0.05, 0.1) is 11.2 Å². The van der Waals surface area contributed by atoms with Crippen molar-refractivity contribution in [3.8, 4) is 0 Å². The van der Waals surface area contributed by atoms with Crippen LogP contribution >= 0.6 is 0 Å². The van der Waals surface area contributed by atoms with Crippen LogP contribution in [0.2, 0.25) is 0 Å². The zero-order chi connectivity index (χ0) is 11.1. The fourth-order valence-corrected chi connectivity index (χ4v) is 2.06. The maximum atomic E-state index is 5.67. The molecular weight excluding hydrogens is 198 g/mol. The van der Waals surface area contributed by atoms with Crippen molar-refractivity contribution in [1.82, 2.24) is 9.38 Å². The number of pyridine rings is 1. The van der Waals surface area contributed by atoms with Crippen LogP contribution in [0.4, 0.5) is 0 Å². The maximum Gasteiger partial charge on any atom is 0.137 e. The summed E-state index contributed by atoms with van der Waals surface area (Å²) in [6.45, 7) is 2.58. The molecule has 0 saturated carbocycles. The highest BCUT2D eigenvalue weighted by Gasteiger charge is 2.02. The van der Waals surface area contributed by atoms with E-state index in [2.05, 4.69) is 39.8 Å². The number of imidazole rings is 1. The van der Waals surface area contributed by atoms with Crippen molar-refractivity contribution >= 4 is 16.6 Å². The minimum atomic E-state index is 0.569. The first kappa shape index (κ1) is 9.36. The summed E-state index contributed by atoms with van der Waals surface area (Å²) in [7, 11) is 0. The second kappa shape index (κ2) is 3.32. The lowest BCUT2D eigenvalue weighted by Crippen LogP contribution is -1.96. The lowest BCUT2D eigenvalue weighted by molar-refractivity contribution is 1.07. The third kappa shape index (κ3) is 1.29. The van der Waals surface area contributed by atoms with E-state index in [1.807, 2.05) is 13.0 Å². The van der Waals surface area contributed by atoms with Crippen molar-refractivity contribution in [3.05, 3.63) is 47.8 Å². The number of rotatable bonds is 1. The molecule has 0 aliphatic heterocycles. The molecule has 3 aromatic rings. The molecule has 80 valence electrons. The Labute approximate surface area is 93.5 Å². The van der Waals surface area contributed by atoms with Gasteiger partial charge in [0.15, 0.2) is 0 Å². The van der Waals surface area contributed by atoms with Gasteiger partial charge in [0.25, 0.3) is 0 Å². The smallest absolute Gasteiger partial charge is 0.137 e. The summed E-state index contributed by atoms with van der Waals surface area (Å²) in [6.07, 6.45) is 2.05. The molecule has 0 bridgehead atoms. The van der Waals surface area contributed by atoms with E-state index in [0.29, 0.717) is 6.54 Å². The van der Waals surface area contributed by atoms with Gasteiger partial charge >= 0.3 is 0 Å². The van der Waals surface area contributed by atoms with Crippen LogP contribution in [0.5, 0.6) is 0 Å². The number of nitrogens with two attached hydrogens (primary N) is 1. The average Bonchev–Trinajstić information content (AvgIpc) is 2.69. The van der Waals surface area contributed by atoms with Crippen LogP contribution < -0.4 is 5.73 Å². The van der Waals surface area contributed by atoms with E-state index in [-0.39, 0.29) is 0 Å². The van der Waals surface area contributed by atoms with Gasteiger partial charge < -0.3 is 5.73 Å². The molecule has 0 saturated heterocycles. The number of benzene rings is 1. The van der Waals surface area contributed by atoms with Crippen molar-refractivity contribution in [2.75, 3.05) is 0 Å². The molecule has 0 aliphatic carbocycles. The Morgan fingerprint density at radius 1 is 1.25 bits per heavy atom. The molecule has 1 aromatic carbocycles. The number of fused-ring (bicyclic) bond motifs is 3. The summed E-state index contributed by atoms with van der Waals surface area (Å²) in [5.74, 6) is 0. The zero-order valence-electron chi connectivity index (χ0n) is 9.14. The standard InChI is InChI=1S/C13H13N3/c1-9-8-16-12-6-10(7-14)2-3-11(12)4-5-13(16)15-9/h2-6,8H,7,14H2,1H3. The van der Waals surface area contributed by atoms with Crippen LogP contribution in [-0.4, -0.2) is 9.38 Å². The van der Waals surface area contributed by atoms with Crippen LogP contribution in [-0.2, 0) is 6.54 Å². The molecule has 16 heavy (non-hydrogen) atoms. The van der Waals surface area contributed by atoms with E-state index in [1.165, 1.54) is 10.9 Å². The molecule has 2 N–H and O–H groups in total. The van der Waals surface area contributed by atoms with E-state index in [0.717, 1.165) is 16.9 Å². The average molecular weight is 211 g/mol. The summed E-state index contributed by atoms with van der Waals surface area (Å²) in [4.78, 5) is 4.45. The first-order valence-corrected chi connectivity index (χ1v) is 5.35. The van der Waals surface area contributed by atoms with Crippen molar-refractivity contribution < 1.29 is 0 Å². The highest BCUT2D eigenvalue weighted by Crippen LogP contribution is 2.18. The molecule has 0 fully saturated rings. The fourth-order valence-electron chi connectivity index (χ4n) is 2.06. The van der Waals surface area contributed by atoms with Crippen LogP contribution in [0.1, 0.15) is 11.3 Å². The van der Waals surface area contributed by atoms with Gasteiger partial charge in [-0.15, -0.1) is 0 Å². The van der Waals surface area contributed by atoms with Crippen LogP contribution in [0.15, 0.2) is 36.5 Å². The van der Waals surface area contributed by atoms with Gasteiger partial charge in [-0.05, 0) is 36.1 Å². The highest BCUT2D eigenvalue weighted by atomic mass is 15.0. The van der Waals surface area contributed by atoms with Crippen LogP contribution in [0.3, 0.4) is 0 Å². The number of hydrogen-bond acceptors (Lipinski definition) is 2. The molecule has 3 heteroatoms. The van der Waals surface area contributed by atoms with Crippen LogP contribution in [0, 0.1) is 6.92 Å². The van der Waals surface area contributed by atoms with Gasteiger partial charge in [-0.25, -0.2) is 4.98 Å². The summed E-state index contributed by atoms with van der Waals surface area (Å²) in [5, 5.41) is 1.21. The Morgan fingerprint density at radius 2 is 2.06 bits per heavy atom. The molecule has 0 radical (unpaired) electrons. The first-order valence-electron chi connectivity index (χ1n) is 5.35. The van der Waals surface area contributed by atoms with Gasteiger partial charge in [0.2, 0.25) is 0 Å². The predicted molar refractivity (Wildman–Crippen MR) is 65.3 cm³/mol. The van der Waals surface area contributed by atoms with E-state index >= 15 is 0 Å². The number of aryl methyl sites for hydroxylation is 1. The Hall–Kier alpha value is -1.87. The van der Waals surface area contributed by atoms with E-state index in [4.69, 9.17) is 5.73 Å². The minimum Gasteiger partial charge on any atom is -0.326 e. The Bertz CT molecular complexity index is 667. The Morgan fingerprint density at radius 3 is 2.88 bits per heavy atom. The number of hydrogen-bond donors (Lipinski definition) is 1. The molecule has 0 unspecified atom stereocenters. The van der Waals surface area contributed by atoms with Crippen molar-refractivity contribution in [2.24, 2.45) is 5.73 Å². The van der Waals surface area contributed by atoms with Crippen molar-refractivity contribution in [1.29, 1.82) is 0 Å². The van der Waals surface area contributed by atoms with Crippen LogP contribution in [0.25, 0.3) is 16.6 Å². The zero-order valence-corrected chi connectivity index (χ0v) is 9.14. The largest absolute Gasteiger partial charge is 0.326 e. The second-order valence-corrected chi connectivity index (χ2v) is 4.04. The summed E-state index contributed by atoms with van der Waals surface area (Å²) >= 11 is 0. The van der Waals surface area contributed by atoms with Gasteiger partial charge in [-0.2, -0.15) is 0 Å². The summed E-state index contributed by atoms with van der Waals surface area (Å²) in [5.41, 5.74) is 10.00. The third-order valence-electron chi connectivity index (χ3n) is 2.86. The van der Waals surface area contributed by atoms with E-state index in [9.17, 15) is 0 Å². The number of nitrogens with zero attached hydrogens (tertiary/aromatic N) is 2. The quantitative estimate of drug-likeness (QED) is 0.671. The Kier molecular flexibility index (Phi) is 1.94. The van der Waals surface area contributed by atoms with Crippen molar-refractivity contribution in [3.63, 3.8) is 0 Å². The normalized spacial score (nSPS) is 11.4. The second-order valence-electron chi connectivity index (χ2n) is 4.04. The highest BCUT2D eigenvalue weighted by molar-refractivity contribution is 5.82. The molecule has 0 amide bonds. The van der Waals surface area contributed by atoms with Gasteiger partial charge in [0, 0.05) is 12.7 Å². The summed E-state index contributed by atoms with van der Waals surface area (Å²) < 4.78 is 2.11. The van der Waals surface area contributed by atoms with E-state index < -0.39 is 0 Å². The SMILES string of the molecule is Cc1cn2c(ccc3ccc(CN)cc32)n1. The number of aromatic nitrogens is 2. The fraction of sp³-hybridized carbons (Fsp3) is 0.154. The van der Waals surface area contributed by atoms with Gasteiger partial charge in [-0.3, -0.25) is 4.40 Å². The van der Waals surface area contributed by atoms with E-state index in [1.54, 1.807) is 0 Å². The molecule has 0 spiro atoms. The lowest BCUT2D eigenvalue weighted by Gasteiger charge is -2.04. The first-order chi connectivity index (χ1) is 7.78. The predicted octanol–water partition coefficient (Wildman–Crippen LogP) is 2.25. The molecule has 3 rings (SSSR count). The summed E-state index contributed by atoms with van der Waals surface area (Å²) in [6, 6.07) is 10.4. The van der Waals surface area contributed by atoms with Gasteiger partial charge in [-0.1, -0.05) is 12.1 Å². The monoisotopic (exact) mass is 211 g/mol. The van der Waals surface area contributed by atoms with Crippen molar-refractivity contribution in [2.45, 2.75) is 13.5 Å². The molecule has 0 atom stereocenters. The van der Waals surface area contributed by atoms with Gasteiger partial charge in [0.1, 0.15) is 5.65 Å². The molecule has 0 aliphatic rings. The molecule has 2 heterocycles. The third-order valence-corrected chi connectivity index (χ3v) is 2.86. The topological polar surface area (TPSA) is 43.3 Å². The minimum absolute atomic E-state index is 0.569. The lowest BCUT2D eigenvalue weighted by atomic mass is 10.1.